The first-order chi connectivity index (χ1) is 7.11. The minimum absolute atomic E-state index is 0.0223. The first kappa shape index (κ1) is 12.5. The van der Waals surface area contributed by atoms with Crippen LogP contribution in [0.3, 0.4) is 0 Å². The van der Waals surface area contributed by atoms with E-state index in [0.29, 0.717) is 13.1 Å². The van der Waals surface area contributed by atoms with Crippen molar-refractivity contribution in [2.45, 2.75) is 45.3 Å². The van der Waals surface area contributed by atoms with Gasteiger partial charge in [0.05, 0.1) is 12.1 Å². The predicted octanol–water partition coefficient (Wildman–Crippen LogP) is 0.343. The van der Waals surface area contributed by atoms with Crippen LogP contribution >= 0.6 is 0 Å². The second-order valence-electron chi connectivity index (χ2n) is 4.20. The van der Waals surface area contributed by atoms with Gasteiger partial charge in [0.15, 0.2) is 0 Å². The molecule has 0 bridgehead atoms. The largest absolute Gasteiger partial charge is 0.393 e. The molecule has 0 saturated heterocycles. The fraction of sp³-hybridized carbons (Fsp3) is 0.909. The van der Waals surface area contributed by atoms with Crippen LogP contribution in [0.25, 0.3) is 0 Å². The molecular weight excluding hydrogens is 192 g/mol. The molecule has 0 spiro atoms. The highest BCUT2D eigenvalue weighted by Crippen LogP contribution is 2.28. The summed E-state index contributed by atoms with van der Waals surface area (Å²) in [5.74, 6) is -0.0657. The predicted molar refractivity (Wildman–Crippen MR) is 59.3 cm³/mol. The molecule has 0 aliphatic heterocycles. The number of aliphatic hydroxyl groups is 1. The molecule has 0 aromatic heterocycles. The van der Waals surface area contributed by atoms with Crippen LogP contribution in [0.1, 0.15) is 33.1 Å². The molecule has 0 heterocycles. The normalized spacial score (nSPS) is 27.7. The molecule has 0 aromatic carbocycles. The van der Waals surface area contributed by atoms with Crippen LogP contribution in [0, 0.1) is 5.92 Å². The van der Waals surface area contributed by atoms with Crippen molar-refractivity contribution in [1.82, 2.24) is 4.90 Å². The zero-order valence-electron chi connectivity index (χ0n) is 9.65. The summed E-state index contributed by atoms with van der Waals surface area (Å²) < 4.78 is 0. The second kappa shape index (κ2) is 5.47. The fourth-order valence-corrected chi connectivity index (χ4v) is 2.32. The molecule has 1 aliphatic rings. The number of hydrogen-bond donors (Lipinski definition) is 2. The van der Waals surface area contributed by atoms with Crippen LogP contribution in [0.5, 0.6) is 0 Å². The number of aliphatic hydroxyl groups excluding tert-OH is 1. The van der Waals surface area contributed by atoms with Crippen LogP contribution in [-0.2, 0) is 4.79 Å². The number of hydrogen-bond acceptors (Lipinski definition) is 3. The van der Waals surface area contributed by atoms with E-state index in [0.717, 1.165) is 19.3 Å². The molecule has 4 nitrogen and oxygen atoms in total. The highest BCUT2D eigenvalue weighted by molar-refractivity contribution is 5.82. The summed E-state index contributed by atoms with van der Waals surface area (Å²) in [6, 6.07) is -0.526. The van der Waals surface area contributed by atoms with Crippen LogP contribution in [0.15, 0.2) is 0 Å². The van der Waals surface area contributed by atoms with E-state index in [2.05, 4.69) is 0 Å². The van der Waals surface area contributed by atoms with Gasteiger partial charge in [-0.3, -0.25) is 4.79 Å². The fourth-order valence-electron chi connectivity index (χ4n) is 2.32. The monoisotopic (exact) mass is 214 g/mol. The molecule has 0 radical (unpaired) electrons. The number of rotatable bonds is 4. The van der Waals surface area contributed by atoms with Gasteiger partial charge in [-0.1, -0.05) is 6.42 Å². The third-order valence-electron chi connectivity index (χ3n) is 3.35. The zero-order valence-corrected chi connectivity index (χ0v) is 9.65. The van der Waals surface area contributed by atoms with Crippen molar-refractivity contribution in [3.05, 3.63) is 0 Å². The van der Waals surface area contributed by atoms with Crippen molar-refractivity contribution in [1.29, 1.82) is 0 Å². The minimum atomic E-state index is -0.526. The molecule has 4 heteroatoms. The van der Waals surface area contributed by atoms with Crippen molar-refractivity contribution in [2.75, 3.05) is 13.1 Å². The standard InChI is InChI=1S/C11H22N2O2/c1-3-13(4-2)11(15)10(12)8-6-5-7-9(8)14/h8-10,14H,3-7,12H2,1-2H3/t8-,9-,10+/m1/s1. The molecule has 1 amide bonds. The lowest BCUT2D eigenvalue weighted by molar-refractivity contribution is -0.134. The average Bonchev–Trinajstić information content (AvgIpc) is 2.65. The number of likely N-dealkylation sites (N-methyl/N-ethyl adjacent to an activating group) is 1. The maximum atomic E-state index is 11.9. The summed E-state index contributed by atoms with van der Waals surface area (Å²) in [6.07, 6.45) is 2.24. The van der Waals surface area contributed by atoms with Gasteiger partial charge >= 0.3 is 0 Å². The smallest absolute Gasteiger partial charge is 0.239 e. The number of carbonyl (C=O) groups is 1. The molecule has 1 aliphatic carbocycles. The van der Waals surface area contributed by atoms with Gasteiger partial charge in [-0.15, -0.1) is 0 Å². The number of carbonyl (C=O) groups excluding carboxylic acids is 1. The van der Waals surface area contributed by atoms with Gasteiger partial charge in [-0.2, -0.15) is 0 Å². The Kier molecular flexibility index (Phi) is 4.54. The van der Waals surface area contributed by atoms with E-state index >= 15 is 0 Å². The lowest BCUT2D eigenvalue weighted by Gasteiger charge is -2.27. The van der Waals surface area contributed by atoms with Gasteiger partial charge in [0.2, 0.25) is 5.91 Å². The van der Waals surface area contributed by atoms with Crippen LogP contribution in [0.4, 0.5) is 0 Å². The van der Waals surface area contributed by atoms with Crippen LogP contribution in [-0.4, -0.2) is 41.1 Å². The number of nitrogens with two attached hydrogens (primary N) is 1. The van der Waals surface area contributed by atoms with E-state index in [4.69, 9.17) is 5.73 Å². The highest BCUT2D eigenvalue weighted by atomic mass is 16.3. The van der Waals surface area contributed by atoms with Crippen molar-refractivity contribution in [3.8, 4) is 0 Å². The Morgan fingerprint density at radius 1 is 1.47 bits per heavy atom. The van der Waals surface area contributed by atoms with Gasteiger partial charge in [0, 0.05) is 19.0 Å². The molecule has 15 heavy (non-hydrogen) atoms. The molecule has 0 aromatic rings. The molecule has 1 saturated carbocycles. The van der Waals surface area contributed by atoms with Crippen LogP contribution in [0.2, 0.25) is 0 Å². The maximum Gasteiger partial charge on any atom is 0.239 e. The van der Waals surface area contributed by atoms with Crippen LogP contribution < -0.4 is 5.73 Å². The Morgan fingerprint density at radius 2 is 2.07 bits per heavy atom. The SMILES string of the molecule is CCN(CC)C(=O)[C@@H](N)[C@@H]1CCC[C@H]1O. The topological polar surface area (TPSA) is 66.6 Å². The van der Waals surface area contributed by atoms with Crippen molar-refractivity contribution < 1.29 is 9.90 Å². The van der Waals surface area contributed by atoms with E-state index in [-0.39, 0.29) is 17.9 Å². The number of amides is 1. The highest BCUT2D eigenvalue weighted by Gasteiger charge is 2.35. The van der Waals surface area contributed by atoms with Gasteiger partial charge in [-0.05, 0) is 26.7 Å². The lowest BCUT2D eigenvalue weighted by atomic mass is 9.95. The Balaban J connectivity index is 2.58. The summed E-state index contributed by atoms with van der Waals surface area (Å²) in [5, 5.41) is 9.68. The van der Waals surface area contributed by atoms with Crippen molar-refractivity contribution in [3.63, 3.8) is 0 Å². The third kappa shape index (κ3) is 2.69. The van der Waals surface area contributed by atoms with Gasteiger partial charge < -0.3 is 15.7 Å². The first-order valence-electron chi connectivity index (χ1n) is 5.84. The molecule has 0 unspecified atom stereocenters. The Morgan fingerprint density at radius 3 is 2.47 bits per heavy atom. The molecule has 3 N–H and O–H groups in total. The summed E-state index contributed by atoms with van der Waals surface area (Å²) >= 11 is 0. The molecule has 88 valence electrons. The zero-order chi connectivity index (χ0) is 11.4. The van der Waals surface area contributed by atoms with Gasteiger partial charge in [-0.25, -0.2) is 0 Å². The van der Waals surface area contributed by atoms with E-state index in [9.17, 15) is 9.90 Å². The summed E-state index contributed by atoms with van der Waals surface area (Å²) in [4.78, 5) is 13.7. The number of nitrogens with zero attached hydrogens (tertiary/aromatic N) is 1. The lowest BCUT2D eigenvalue weighted by Crippen LogP contribution is -2.49. The van der Waals surface area contributed by atoms with Crippen molar-refractivity contribution in [2.24, 2.45) is 11.7 Å². The molecule has 3 atom stereocenters. The van der Waals surface area contributed by atoms with E-state index < -0.39 is 6.04 Å². The summed E-state index contributed by atoms with van der Waals surface area (Å²) in [5.41, 5.74) is 5.91. The Bertz CT molecular complexity index is 217. The second-order valence-corrected chi connectivity index (χ2v) is 4.20. The van der Waals surface area contributed by atoms with Gasteiger partial charge in [0.1, 0.15) is 0 Å². The average molecular weight is 214 g/mol. The summed E-state index contributed by atoms with van der Waals surface area (Å²) in [6.45, 7) is 5.26. The molecule has 1 fully saturated rings. The molecular formula is C11H22N2O2. The van der Waals surface area contributed by atoms with Gasteiger partial charge in [0.25, 0.3) is 0 Å². The molecule has 1 rings (SSSR count). The minimum Gasteiger partial charge on any atom is -0.393 e. The van der Waals surface area contributed by atoms with E-state index in [1.165, 1.54) is 0 Å². The Hall–Kier alpha value is -0.610. The summed E-state index contributed by atoms with van der Waals surface area (Å²) in [7, 11) is 0. The third-order valence-corrected chi connectivity index (χ3v) is 3.35. The van der Waals surface area contributed by atoms with Crippen molar-refractivity contribution >= 4 is 5.91 Å². The van der Waals surface area contributed by atoms with E-state index in [1.54, 1.807) is 4.90 Å². The maximum absolute atomic E-state index is 11.9. The Labute approximate surface area is 91.4 Å². The first-order valence-corrected chi connectivity index (χ1v) is 5.84. The van der Waals surface area contributed by atoms with E-state index in [1.807, 2.05) is 13.8 Å². The quantitative estimate of drug-likeness (QED) is 0.709.